The summed E-state index contributed by atoms with van der Waals surface area (Å²) in [6.45, 7) is 6.00. The number of halogens is 1. The molecule has 0 aromatic heterocycles. The average molecular weight is 234 g/mol. The van der Waals surface area contributed by atoms with E-state index in [0.29, 0.717) is 0 Å². The molecule has 0 saturated carbocycles. The summed E-state index contributed by atoms with van der Waals surface area (Å²) in [6.07, 6.45) is 9.00. The lowest BCUT2D eigenvalue weighted by Crippen LogP contribution is -3.00. The predicted octanol–water partition coefficient (Wildman–Crippen LogP) is -0.825. The Bertz CT molecular complexity index is 104. The van der Waals surface area contributed by atoms with E-state index in [1.54, 1.807) is 0 Å². The SMILES string of the molecule is C1CC[N+]2(CC1)CCCCC2.[Br-]. The van der Waals surface area contributed by atoms with Crippen molar-refractivity contribution in [2.24, 2.45) is 0 Å². The van der Waals surface area contributed by atoms with Gasteiger partial charge in [-0.1, -0.05) is 0 Å². The highest BCUT2D eigenvalue weighted by Crippen LogP contribution is 2.24. The Labute approximate surface area is 86.5 Å². The first-order valence-electron chi connectivity index (χ1n) is 5.26. The zero-order valence-corrected chi connectivity index (χ0v) is 9.48. The van der Waals surface area contributed by atoms with Crippen LogP contribution < -0.4 is 17.0 Å². The van der Waals surface area contributed by atoms with Crippen LogP contribution in [0.5, 0.6) is 0 Å². The maximum absolute atomic E-state index is 1.50. The molecule has 0 aromatic rings. The number of rotatable bonds is 0. The van der Waals surface area contributed by atoms with Gasteiger partial charge in [0, 0.05) is 0 Å². The average Bonchev–Trinajstić information content (AvgIpc) is 2.07. The standard InChI is InChI=1S/C10H20N.BrH/c1-3-7-11(8-4-1)9-5-2-6-10-11;/h1-10H2;1H/q+1;/p-1. The van der Waals surface area contributed by atoms with Gasteiger partial charge in [0.05, 0.1) is 26.2 Å². The number of hydrogen-bond donors (Lipinski definition) is 0. The van der Waals surface area contributed by atoms with E-state index in [-0.39, 0.29) is 17.0 Å². The molecule has 2 saturated heterocycles. The zero-order valence-electron chi connectivity index (χ0n) is 7.90. The Morgan fingerprint density at radius 1 is 0.500 bits per heavy atom. The second kappa shape index (κ2) is 4.61. The third-order valence-electron chi connectivity index (χ3n) is 3.53. The van der Waals surface area contributed by atoms with Gasteiger partial charge in [-0.25, -0.2) is 0 Å². The van der Waals surface area contributed by atoms with Crippen molar-refractivity contribution in [3.8, 4) is 0 Å². The molecule has 0 aromatic carbocycles. The van der Waals surface area contributed by atoms with E-state index in [1.807, 2.05) is 0 Å². The molecule has 12 heavy (non-hydrogen) atoms. The molecule has 0 aliphatic carbocycles. The molecule has 0 radical (unpaired) electrons. The molecule has 2 rings (SSSR count). The van der Waals surface area contributed by atoms with Crippen molar-refractivity contribution in [1.29, 1.82) is 0 Å². The van der Waals surface area contributed by atoms with Gasteiger partial charge in [-0.05, 0) is 38.5 Å². The van der Waals surface area contributed by atoms with E-state index in [4.69, 9.17) is 0 Å². The van der Waals surface area contributed by atoms with Crippen LogP contribution in [0.1, 0.15) is 38.5 Å². The fourth-order valence-corrected chi connectivity index (χ4v) is 2.81. The predicted molar refractivity (Wildman–Crippen MR) is 47.4 cm³/mol. The minimum Gasteiger partial charge on any atom is -1.00 e. The number of piperidine rings is 2. The molecule has 0 atom stereocenters. The van der Waals surface area contributed by atoms with Gasteiger partial charge in [0.1, 0.15) is 0 Å². The van der Waals surface area contributed by atoms with Crippen molar-refractivity contribution < 1.29 is 21.5 Å². The molecule has 0 unspecified atom stereocenters. The van der Waals surface area contributed by atoms with Crippen LogP contribution in [-0.4, -0.2) is 30.7 Å². The minimum atomic E-state index is 0. The first-order valence-corrected chi connectivity index (χ1v) is 5.26. The van der Waals surface area contributed by atoms with E-state index in [9.17, 15) is 0 Å². The van der Waals surface area contributed by atoms with E-state index < -0.39 is 0 Å². The van der Waals surface area contributed by atoms with Gasteiger partial charge in [-0.3, -0.25) is 0 Å². The van der Waals surface area contributed by atoms with Crippen molar-refractivity contribution >= 4 is 0 Å². The lowest BCUT2D eigenvalue weighted by molar-refractivity contribution is -0.936. The molecular formula is C10H20BrN. The summed E-state index contributed by atoms with van der Waals surface area (Å²) in [5.41, 5.74) is 0. The number of nitrogens with zero attached hydrogens (tertiary/aromatic N) is 1. The van der Waals surface area contributed by atoms with E-state index in [0.717, 1.165) is 0 Å². The molecule has 2 aliphatic rings. The van der Waals surface area contributed by atoms with Crippen LogP contribution in [0.4, 0.5) is 0 Å². The lowest BCUT2D eigenvalue weighted by Gasteiger charge is -2.44. The Hall–Kier alpha value is 0.440. The van der Waals surface area contributed by atoms with Crippen molar-refractivity contribution in [1.82, 2.24) is 0 Å². The highest BCUT2D eigenvalue weighted by atomic mass is 79.9. The summed E-state index contributed by atoms with van der Waals surface area (Å²) in [7, 11) is 0. The number of hydrogen-bond acceptors (Lipinski definition) is 0. The van der Waals surface area contributed by atoms with Gasteiger partial charge >= 0.3 is 0 Å². The topological polar surface area (TPSA) is 0 Å². The summed E-state index contributed by atoms with van der Waals surface area (Å²) >= 11 is 0. The summed E-state index contributed by atoms with van der Waals surface area (Å²) in [6, 6.07) is 0. The largest absolute Gasteiger partial charge is 1.00 e. The van der Waals surface area contributed by atoms with Gasteiger partial charge in [-0.15, -0.1) is 0 Å². The summed E-state index contributed by atoms with van der Waals surface area (Å²) in [4.78, 5) is 0. The first kappa shape index (κ1) is 10.5. The molecule has 72 valence electrons. The van der Waals surface area contributed by atoms with Crippen LogP contribution in [-0.2, 0) is 0 Å². The molecule has 2 aliphatic heterocycles. The van der Waals surface area contributed by atoms with Gasteiger partial charge < -0.3 is 21.5 Å². The summed E-state index contributed by atoms with van der Waals surface area (Å²) in [5, 5.41) is 0. The summed E-state index contributed by atoms with van der Waals surface area (Å²) < 4.78 is 1.50. The zero-order chi connectivity index (χ0) is 7.57. The molecule has 2 heterocycles. The molecule has 0 N–H and O–H groups in total. The molecular weight excluding hydrogens is 214 g/mol. The van der Waals surface area contributed by atoms with Gasteiger partial charge in [-0.2, -0.15) is 0 Å². The highest BCUT2D eigenvalue weighted by Gasteiger charge is 2.30. The van der Waals surface area contributed by atoms with Crippen LogP contribution in [0.15, 0.2) is 0 Å². The molecule has 1 spiro atoms. The number of quaternary nitrogens is 1. The molecule has 2 fully saturated rings. The fraction of sp³-hybridized carbons (Fsp3) is 1.00. The van der Waals surface area contributed by atoms with Crippen LogP contribution in [0, 0.1) is 0 Å². The highest BCUT2D eigenvalue weighted by molar-refractivity contribution is 4.59. The van der Waals surface area contributed by atoms with Gasteiger partial charge in [0.2, 0.25) is 0 Å². The maximum Gasteiger partial charge on any atom is 0.0786 e. The second-order valence-electron chi connectivity index (χ2n) is 4.36. The Kier molecular flexibility index (Phi) is 4.04. The smallest absolute Gasteiger partial charge is 0.0786 e. The third kappa shape index (κ3) is 2.23. The van der Waals surface area contributed by atoms with Crippen LogP contribution in [0.2, 0.25) is 0 Å². The Balaban J connectivity index is 0.000000720. The quantitative estimate of drug-likeness (QED) is 0.480. The molecule has 2 heteroatoms. The monoisotopic (exact) mass is 233 g/mol. The van der Waals surface area contributed by atoms with E-state index >= 15 is 0 Å². The fourth-order valence-electron chi connectivity index (χ4n) is 2.81. The maximum atomic E-state index is 1.50. The third-order valence-corrected chi connectivity index (χ3v) is 3.53. The van der Waals surface area contributed by atoms with Crippen LogP contribution in [0.3, 0.4) is 0 Å². The van der Waals surface area contributed by atoms with E-state index in [1.165, 1.54) is 69.2 Å². The van der Waals surface area contributed by atoms with Gasteiger partial charge in [0.25, 0.3) is 0 Å². The van der Waals surface area contributed by atoms with Crippen molar-refractivity contribution in [3.05, 3.63) is 0 Å². The van der Waals surface area contributed by atoms with Crippen LogP contribution >= 0.6 is 0 Å². The molecule has 0 amide bonds. The summed E-state index contributed by atoms with van der Waals surface area (Å²) in [5.74, 6) is 0. The second-order valence-corrected chi connectivity index (χ2v) is 4.36. The van der Waals surface area contributed by atoms with Crippen molar-refractivity contribution in [2.45, 2.75) is 38.5 Å². The molecule has 1 nitrogen and oxygen atoms in total. The van der Waals surface area contributed by atoms with E-state index in [2.05, 4.69) is 0 Å². The lowest BCUT2D eigenvalue weighted by atomic mass is 10.0. The minimum absolute atomic E-state index is 0. The normalized spacial score (nSPS) is 28.0. The van der Waals surface area contributed by atoms with Crippen LogP contribution in [0.25, 0.3) is 0 Å². The Morgan fingerprint density at radius 3 is 1.17 bits per heavy atom. The van der Waals surface area contributed by atoms with Crippen molar-refractivity contribution in [2.75, 3.05) is 26.2 Å². The van der Waals surface area contributed by atoms with Gasteiger partial charge in [0.15, 0.2) is 0 Å². The first-order chi connectivity index (χ1) is 5.41. The van der Waals surface area contributed by atoms with Crippen molar-refractivity contribution in [3.63, 3.8) is 0 Å². The molecule has 0 bridgehead atoms. The Morgan fingerprint density at radius 2 is 0.833 bits per heavy atom.